The lowest BCUT2D eigenvalue weighted by atomic mass is 10.1. The Labute approximate surface area is 138 Å². The lowest BCUT2D eigenvalue weighted by Gasteiger charge is -2.09. The highest BCUT2D eigenvalue weighted by molar-refractivity contribution is 7.92. The molecule has 0 amide bonds. The van der Waals surface area contributed by atoms with E-state index in [4.69, 9.17) is 5.11 Å². The van der Waals surface area contributed by atoms with Crippen LogP contribution < -0.4 is 4.72 Å². The van der Waals surface area contributed by atoms with Crippen LogP contribution in [-0.4, -0.2) is 24.5 Å². The molecule has 3 aromatic rings. The van der Waals surface area contributed by atoms with E-state index in [1.807, 2.05) is 18.3 Å². The molecule has 0 aliphatic carbocycles. The van der Waals surface area contributed by atoms with Gasteiger partial charge in [0.15, 0.2) is 0 Å². The molecule has 2 aromatic carbocycles. The van der Waals surface area contributed by atoms with Crippen molar-refractivity contribution in [2.24, 2.45) is 0 Å². The van der Waals surface area contributed by atoms with Gasteiger partial charge in [-0.15, -0.1) is 0 Å². The zero-order chi connectivity index (χ0) is 17.2. The van der Waals surface area contributed by atoms with E-state index in [9.17, 15) is 13.2 Å². The van der Waals surface area contributed by atoms with Crippen LogP contribution in [0.4, 0.5) is 5.69 Å². The number of benzene rings is 2. The average molecular weight is 342 g/mol. The van der Waals surface area contributed by atoms with E-state index in [0.29, 0.717) is 5.69 Å². The Balaban J connectivity index is 1.80. The normalized spacial score (nSPS) is 11.2. The third kappa shape index (κ3) is 3.31. The highest BCUT2D eigenvalue weighted by atomic mass is 32.2. The Bertz CT molecular complexity index is 945. The van der Waals surface area contributed by atoms with Crippen LogP contribution in [0.5, 0.6) is 0 Å². The number of hydrogen-bond acceptors (Lipinski definition) is 3. The van der Waals surface area contributed by atoms with Gasteiger partial charge in [-0.3, -0.25) is 4.72 Å². The minimum absolute atomic E-state index is 0.000874. The fourth-order valence-corrected chi connectivity index (χ4v) is 3.28. The van der Waals surface area contributed by atoms with Crippen molar-refractivity contribution in [2.75, 3.05) is 4.72 Å². The van der Waals surface area contributed by atoms with E-state index in [0.717, 1.165) is 11.3 Å². The molecule has 6 nitrogen and oxygen atoms in total. The third-order valence-corrected chi connectivity index (χ3v) is 4.85. The summed E-state index contributed by atoms with van der Waals surface area (Å²) in [6.45, 7) is 0. The van der Waals surface area contributed by atoms with Crippen molar-refractivity contribution >= 4 is 21.7 Å². The number of sulfonamides is 1. The molecule has 0 saturated carbocycles. The molecule has 24 heavy (non-hydrogen) atoms. The van der Waals surface area contributed by atoms with E-state index >= 15 is 0 Å². The Morgan fingerprint density at radius 3 is 2.17 bits per heavy atom. The molecule has 0 aliphatic heterocycles. The van der Waals surface area contributed by atoms with Crippen LogP contribution >= 0.6 is 0 Å². The van der Waals surface area contributed by atoms with Crippen LogP contribution in [0, 0.1) is 0 Å². The Morgan fingerprint density at radius 2 is 1.62 bits per heavy atom. The molecule has 0 unspecified atom stereocenters. The van der Waals surface area contributed by atoms with Crippen molar-refractivity contribution in [1.82, 2.24) is 4.98 Å². The van der Waals surface area contributed by atoms with Gasteiger partial charge in [0.25, 0.3) is 10.0 Å². The van der Waals surface area contributed by atoms with Gasteiger partial charge in [0, 0.05) is 17.6 Å². The molecule has 0 radical (unpaired) electrons. The maximum absolute atomic E-state index is 12.3. The van der Waals surface area contributed by atoms with Gasteiger partial charge < -0.3 is 10.1 Å². The van der Waals surface area contributed by atoms with Gasteiger partial charge in [0.05, 0.1) is 10.5 Å². The fraction of sp³-hybridized carbons (Fsp3) is 0. The van der Waals surface area contributed by atoms with Crippen molar-refractivity contribution in [3.8, 4) is 11.3 Å². The van der Waals surface area contributed by atoms with Crippen LogP contribution in [0.15, 0.2) is 71.8 Å². The van der Waals surface area contributed by atoms with E-state index in [-0.39, 0.29) is 10.5 Å². The van der Waals surface area contributed by atoms with E-state index in [1.165, 1.54) is 24.3 Å². The SMILES string of the molecule is O=C(O)c1ccc(S(=O)(=O)Nc2ccc(-c3ccc[nH]3)cc2)cc1. The van der Waals surface area contributed by atoms with Gasteiger partial charge in [-0.25, -0.2) is 13.2 Å². The van der Waals surface area contributed by atoms with Crippen LogP contribution in [0.25, 0.3) is 11.3 Å². The number of aromatic carboxylic acids is 1. The summed E-state index contributed by atoms with van der Waals surface area (Å²) in [5.74, 6) is -1.10. The largest absolute Gasteiger partial charge is 0.478 e. The summed E-state index contributed by atoms with van der Waals surface area (Å²) in [6, 6.07) is 15.8. The first kappa shape index (κ1) is 15.8. The number of hydrogen-bond donors (Lipinski definition) is 3. The van der Waals surface area contributed by atoms with Gasteiger partial charge in [-0.1, -0.05) is 12.1 Å². The molecule has 0 saturated heterocycles. The molecule has 3 N–H and O–H groups in total. The minimum Gasteiger partial charge on any atom is -0.478 e. The summed E-state index contributed by atoms with van der Waals surface area (Å²) in [7, 11) is -3.77. The van der Waals surface area contributed by atoms with Crippen molar-refractivity contribution in [1.29, 1.82) is 0 Å². The molecule has 3 rings (SSSR count). The first-order valence-corrected chi connectivity index (χ1v) is 8.54. The van der Waals surface area contributed by atoms with Gasteiger partial charge in [-0.2, -0.15) is 0 Å². The number of carboxylic acids is 1. The van der Waals surface area contributed by atoms with Gasteiger partial charge in [0.2, 0.25) is 0 Å². The molecule has 122 valence electrons. The Morgan fingerprint density at radius 1 is 0.958 bits per heavy atom. The first-order chi connectivity index (χ1) is 11.5. The molecule has 1 heterocycles. The standard InChI is InChI=1S/C17H14N2O4S/c20-17(21)13-5-9-15(10-6-13)24(22,23)19-14-7-3-12(4-8-14)16-2-1-11-18-16/h1-11,18-19H,(H,20,21). The highest BCUT2D eigenvalue weighted by Gasteiger charge is 2.15. The summed E-state index contributed by atoms with van der Waals surface area (Å²) in [4.78, 5) is 13.9. The lowest BCUT2D eigenvalue weighted by Crippen LogP contribution is -2.13. The fourth-order valence-electron chi connectivity index (χ4n) is 2.22. The van der Waals surface area contributed by atoms with Crippen molar-refractivity contribution in [3.63, 3.8) is 0 Å². The number of carboxylic acid groups (broad SMARTS) is 1. The monoisotopic (exact) mass is 342 g/mol. The quantitative estimate of drug-likeness (QED) is 0.663. The van der Waals surface area contributed by atoms with Crippen molar-refractivity contribution in [2.45, 2.75) is 4.90 Å². The van der Waals surface area contributed by atoms with E-state index in [1.54, 1.807) is 24.3 Å². The second-order valence-electron chi connectivity index (χ2n) is 5.10. The van der Waals surface area contributed by atoms with Gasteiger partial charge in [0.1, 0.15) is 0 Å². The molecule has 0 atom stereocenters. The highest BCUT2D eigenvalue weighted by Crippen LogP contribution is 2.21. The van der Waals surface area contributed by atoms with Gasteiger partial charge >= 0.3 is 5.97 Å². The van der Waals surface area contributed by atoms with Crippen molar-refractivity contribution < 1.29 is 18.3 Å². The predicted octanol–water partition coefficient (Wildman–Crippen LogP) is 3.18. The Kier molecular flexibility index (Phi) is 4.09. The molecular weight excluding hydrogens is 328 g/mol. The van der Waals surface area contributed by atoms with Crippen LogP contribution in [0.1, 0.15) is 10.4 Å². The lowest BCUT2D eigenvalue weighted by molar-refractivity contribution is 0.0696. The summed E-state index contributed by atoms with van der Waals surface area (Å²) < 4.78 is 27.1. The summed E-state index contributed by atoms with van der Waals surface area (Å²) in [6.07, 6.45) is 1.81. The number of H-pyrrole nitrogens is 1. The summed E-state index contributed by atoms with van der Waals surface area (Å²) in [5.41, 5.74) is 2.33. The molecular formula is C17H14N2O4S. The summed E-state index contributed by atoms with van der Waals surface area (Å²) in [5, 5.41) is 8.85. The molecule has 1 aromatic heterocycles. The number of aromatic nitrogens is 1. The van der Waals surface area contributed by atoms with E-state index in [2.05, 4.69) is 9.71 Å². The first-order valence-electron chi connectivity index (χ1n) is 7.06. The topological polar surface area (TPSA) is 99.3 Å². The smallest absolute Gasteiger partial charge is 0.335 e. The predicted molar refractivity (Wildman–Crippen MR) is 90.4 cm³/mol. The molecule has 7 heteroatoms. The molecule has 0 aliphatic rings. The number of nitrogens with one attached hydrogen (secondary N) is 2. The average Bonchev–Trinajstić information content (AvgIpc) is 3.10. The van der Waals surface area contributed by atoms with Crippen LogP contribution in [-0.2, 0) is 10.0 Å². The molecule has 0 bridgehead atoms. The molecule has 0 fully saturated rings. The Hall–Kier alpha value is -3.06. The van der Waals surface area contributed by atoms with Crippen LogP contribution in [0.3, 0.4) is 0 Å². The van der Waals surface area contributed by atoms with E-state index < -0.39 is 16.0 Å². The maximum atomic E-state index is 12.3. The molecule has 0 spiro atoms. The van der Waals surface area contributed by atoms with Gasteiger partial charge in [-0.05, 0) is 54.1 Å². The third-order valence-electron chi connectivity index (χ3n) is 3.46. The second kappa shape index (κ2) is 6.21. The maximum Gasteiger partial charge on any atom is 0.335 e. The number of carbonyl (C=O) groups is 1. The number of aromatic amines is 1. The van der Waals surface area contributed by atoms with Crippen molar-refractivity contribution in [3.05, 3.63) is 72.4 Å². The second-order valence-corrected chi connectivity index (χ2v) is 6.78. The number of rotatable bonds is 5. The summed E-state index contributed by atoms with van der Waals surface area (Å²) >= 11 is 0. The number of anilines is 1. The van der Waals surface area contributed by atoms with Crippen LogP contribution in [0.2, 0.25) is 0 Å². The minimum atomic E-state index is -3.77. The zero-order valence-corrected chi connectivity index (χ0v) is 13.2. The zero-order valence-electron chi connectivity index (χ0n) is 12.4.